The van der Waals surface area contributed by atoms with Gasteiger partial charge in [-0.25, -0.2) is 0 Å². The SMILES string of the molecule is CC(C)[C@@]12CC[C@@H](C)[C@@H]1C2.CC(C)[C@@]12CC[C@H](C)[C@@H]1C2.CC(C)[C@]12CC[C@@H](C)[C@H]1C2.CC(C)[C@]12CC[C@H](C)[C@H]1C2. The second kappa shape index (κ2) is 10.9. The molecule has 0 aromatic rings. The van der Waals surface area contributed by atoms with E-state index in [0.717, 1.165) is 92.7 Å². The highest BCUT2D eigenvalue weighted by atomic mass is 14.7. The average Bonchev–Trinajstić information content (AvgIpc) is 3.83. The molecule has 12 atom stereocenters. The van der Waals surface area contributed by atoms with Gasteiger partial charge in [-0.2, -0.15) is 0 Å². The van der Waals surface area contributed by atoms with Crippen LogP contribution in [0.4, 0.5) is 0 Å². The van der Waals surface area contributed by atoms with Crippen molar-refractivity contribution in [1.29, 1.82) is 0 Å². The van der Waals surface area contributed by atoms with E-state index in [4.69, 9.17) is 0 Å². The Kier molecular flexibility index (Phi) is 8.53. The molecule has 0 N–H and O–H groups in total. The van der Waals surface area contributed by atoms with Crippen molar-refractivity contribution in [2.75, 3.05) is 0 Å². The van der Waals surface area contributed by atoms with Crippen LogP contribution < -0.4 is 0 Å². The first-order valence-corrected chi connectivity index (χ1v) is 18.7. The highest BCUT2D eigenvalue weighted by Gasteiger charge is 2.63. The highest BCUT2D eigenvalue weighted by Crippen LogP contribution is 2.71. The fraction of sp³-hybridized carbons (Fsp3) is 1.00. The quantitative estimate of drug-likeness (QED) is 0.325. The number of fused-ring (bicyclic) bond motifs is 4. The van der Waals surface area contributed by atoms with E-state index in [9.17, 15) is 0 Å². The van der Waals surface area contributed by atoms with Gasteiger partial charge in [0.05, 0.1) is 0 Å². The van der Waals surface area contributed by atoms with Gasteiger partial charge in [-0.15, -0.1) is 0 Å². The van der Waals surface area contributed by atoms with Crippen molar-refractivity contribution < 1.29 is 0 Å². The summed E-state index contributed by atoms with van der Waals surface area (Å²) in [5.74, 6) is 12.4. The van der Waals surface area contributed by atoms with E-state index in [1.54, 1.807) is 25.7 Å². The predicted octanol–water partition coefficient (Wildman–Crippen LogP) is 12.3. The van der Waals surface area contributed by atoms with E-state index in [0.29, 0.717) is 0 Å². The van der Waals surface area contributed by atoms with Gasteiger partial charge in [-0.05, 0) is 170 Å². The van der Waals surface area contributed by atoms with Crippen LogP contribution in [0.25, 0.3) is 0 Å². The van der Waals surface area contributed by atoms with E-state index in [1.165, 1.54) is 51.4 Å². The Bertz CT molecular complexity index is 736. The minimum absolute atomic E-state index is 0.833. The predicted molar refractivity (Wildman–Crippen MR) is 175 cm³/mol. The third-order valence-corrected chi connectivity index (χ3v) is 16.3. The van der Waals surface area contributed by atoms with Crippen LogP contribution in [0.15, 0.2) is 0 Å². The van der Waals surface area contributed by atoms with E-state index >= 15 is 0 Å². The van der Waals surface area contributed by atoms with Crippen molar-refractivity contribution in [3.8, 4) is 0 Å². The summed E-state index contributed by atoms with van der Waals surface area (Å²) < 4.78 is 0. The number of rotatable bonds is 4. The molecule has 232 valence electrons. The largest absolute Gasteiger partial charge is 0.0622 e. The van der Waals surface area contributed by atoms with Crippen molar-refractivity contribution in [2.45, 2.75) is 160 Å². The fourth-order valence-electron chi connectivity index (χ4n) is 12.2. The van der Waals surface area contributed by atoms with Gasteiger partial charge in [-0.3, -0.25) is 0 Å². The Morgan fingerprint density at radius 3 is 0.575 bits per heavy atom. The molecular formula is C40H72. The average molecular weight is 553 g/mol. The molecule has 0 amide bonds. The van der Waals surface area contributed by atoms with Gasteiger partial charge in [0.1, 0.15) is 0 Å². The van der Waals surface area contributed by atoms with E-state index in [1.807, 2.05) is 0 Å². The van der Waals surface area contributed by atoms with Crippen LogP contribution in [-0.2, 0) is 0 Å². The van der Waals surface area contributed by atoms with Crippen LogP contribution in [0.3, 0.4) is 0 Å². The van der Waals surface area contributed by atoms with Gasteiger partial charge in [0.15, 0.2) is 0 Å². The normalized spacial score (nSPS) is 51.6. The smallest absolute Gasteiger partial charge is 0.0240 e. The minimum atomic E-state index is 0.833. The van der Waals surface area contributed by atoms with Crippen LogP contribution in [0.1, 0.15) is 160 Å². The first kappa shape index (κ1) is 31.4. The topological polar surface area (TPSA) is 0 Å². The molecule has 0 aliphatic heterocycles. The zero-order valence-corrected chi connectivity index (χ0v) is 29.4. The molecule has 8 rings (SSSR count). The Balaban J connectivity index is 0.000000108. The summed E-state index contributed by atoms with van der Waals surface area (Å²) in [6.07, 6.45) is 18.3. The fourth-order valence-corrected chi connectivity index (χ4v) is 12.2. The lowest BCUT2D eigenvalue weighted by molar-refractivity contribution is 0.342. The summed E-state index contributed by atoms with van der Waals surface area (Å²) in [6.45, 7) is 28.9. The molecule has 8 fully saturated rings. The van der Waals surface area contributed by atoms with Crippen LogP contribution in [0.2, 0.25) is 0 Å². The second-order valence-electron chi connectivity index (χ2n) is 18.9. The lowest BCUT2D eigenvalue weighted by Crippen LogP contribution is -2.07. The maximum absolute atomic E-state index is 2.43. The molecule has 0 unspecified atom stereocenters. The van der Waals surface area contributed by atoms with Crippen LogP contribution >= 0.6 is 0 Å². The maximum Gasteiger partial charge on any atom is -0.0240 e. The molecule has 0 heterocycles. The summed E-state index contributed by atoms with van der Waals surface area (Å²) in [6, 6.07) is 0. The number of hydrogen-bond donors (Lipinski definition) is 0. The van der Waals surface area contributed by atoms with Gasteiger partial charge in [0.25, 0.3) is 0 Å². The Morgan fingerprint density at radius 2 is 0.525 bits per heavy atom. The zero-order valence-electron chi connectivity index (χ0n) is 29.4. The molecule has 0 heteroatoms. The Hall–Kier alpha value is 0. The second-order valence-corrected chi connectivity index (χ2v) is 18.9. The van der Waals surface area contributed by atoms with Crippen LogP contribution in [0, 0.1) is 92.7 Å². The first-order valence-electron chi connectivity index (χ1n) is 18.7. The van der Waals surface area contributed by atoms with E-state index < -0.39 is 0 Å². The molecule has 0 nitrogen and oxygen atoms in total. The Labute approximate surface area is 252 Å². The van der Waals surface area contributed by atoms with Gasteiger partial charge in [0, 0.05) is 0 Å². The van der Waals surface area contributed by atoms with Crippen molar-refractivity contribution in [1.82, 2.24) is 0 Å². The van der Waals surface area contributed by atoms with Crippen molar-refractivity contribution >= 4 is 0 Å². The standard InChI is InChI=1S/4C10H18/c4*1-7(2)10-5-4-8(3)9(10)6-10/h4*7-9H,4-6H2,1-3H3/t2*8-,9+,10+;2*8-,9-,10-/m1010/s1. The highest BCUT2D eigenvalue weighted by molar-refractivity contribution is 5.12. The zero-order chi connectivity index (χ0) is 29.4. The Morgan fingerprint density at radius 1 is 0.350 bits per heavy atom. The van der Waals surface area contributed by atoms with Crippen molar-refractivity contribution in [3.63, 3.8) is 0 Å². The maximum atomic E-state index is 2.43. The van der Waals surface area contributed by atoms with Gasteiger partial charge in [-0.1, -0.05) is 83.1 Å². The van der Waals surface area contributed by atoms with Crippen molar-refractivity contribution in [3.05, 3.63) is 0 Å². The van der Waals surface area contributed by atoms with Gasteiger partial charge >= 0.3 is 0 Å². The first-order chi connectivity index (χ1) is 18.7. The molecular weight excluding hydrogens is 480 g/mol. The van der Waals surface area contributed by atoms with E-state index in [2.05, 4.69) is 83.1 Å². The molecule has 0 aromatic carbocycles. The summed E-state index contributed by atoms with van der Waals surface area (Å²) in [5.41, 5.74) is 3.33. The van der Waals surface area contributed by atoms with Crippen LogP contribution in [0.5, 0.6) is 0 Å². The molecule has 0 spiro atoms. The van der Waals surface area contributed by atoms with Gasteiger partial charge in [0.2, 0.25) is 0 Å². The summed E-state index contributed by atoms with van der Waals surface area (Å²) >= 11 is 0. The summed E-state index contributed by atoms with van der Waals surface area (Å²) in [7, 11) is 0. The number of hydrogen-bond acceptors (Lipinski definition) is 0. The third kappa shape index (κ3) is 5.20. The van der Waals surface area contributed by atoms with Gasteiger partial charge < -0.3 is 0 Å². The summed E-state index contributed by atoms with van der Waals surface area (Å²) in [5, 5.41) is 0. The molecule has 0 bridgehead atoms. The molecule has 8 aliphatic rings. The minimum Gasteiger partial charge on any atom is -0.0622 e. The van der Waals surface area contributed by atoms with Crippen molar-refractivity contribution in [2.24, 2.45) is 92.7 Å². The molecule has 40 heavy (non-hydrogen) atoms. The monoisotopic (exact) mass is 553 g/mol. The van der Waals surface area contributed by atoms with Crippen LogP contribution in [-0.4, -0.2) is 0 Å². The lowest BCUT2D eigenvalue weighted by atomic mass is 9.90. The molecule has 0 saturated heterocycles. The molecule has 0 radical (unpaired) electrons. The third-order valence-electron chi connectivity index (χ3n) is 16.3. The summed E-state index contributed by atoms with van der Waals surface area (Å²) in [4.78, 5) is 0. The molecule has 8 aliphatic carbocycles. The van der Waals surface area contributed by atoms with E-state index in [-0.39, 0.29) is 0 Å². The lowest BCUT2D eigenvalue weighted by Gasteiger charge is -2.15. The molecule has 8 saturated carbocycles. The molecule has 0 aromatic heterocycles.